The van der Waals surface area contributed by atoms with E-state index >= 15 is 0 Å². The molecule has 1 amide bonds. The Morgan fingerprint density at radius 2 is 2.10 bits per heavy atom. The number of allylic oxidation sites excluding steroid dienone is 1. The molecule has 1 aliphatic heterocycles. The molecule has 1 heterocycles. The Kier molecular flexibility index (Phi) is 7.77. The van der Waals surface area contributed by atoms with Gasteiger partial charge < -0.3 is 15.1 Å². The van der Waals surface area contributed by atoms with Crippen LogP contribution in [0, 0.1) is 0 Å². The number of amides is 1. The number of rotatable bonds is 6. The van der Waals surface area contributed by atoms with E-state index in [1.165, 1.54) is 6.42 Å². The average molecular weight is 280 g/mol. The van der Waals surface area contributed by atoms with Gasteiger partial charge in [0.2, 0.25) is 5.91 Å². The molecule has 0 saturated carbocycles. The van der Waals surface area contributed by atoms with Crippen LogP contribution in [0.25, 0.3) is 0 Å². The van der Waals surface area contributed by atoms with E-state index in [0.717, 1.165) is 51.3 Å². The molecule has 1 N–H and O–H groups in total. The molecule has 0 aromatic rings. The zero-order valence-electron chi connectivity index (χ0n) is 12.9. The van der Waals surface area contributed by atoms with E-state index in [9.17, 15) is 4.79 Å². The normalized spacial score (nSPS) is 15.9. The Hall–Kier alpha value is -1.52. The maximum Gasteiger partial charge on any atom is 0.241 e. The van der Waals surface area contributed by atoms with Gasteiger partial charge in [-0.3, -0.25) is 9.79 Å². The average Bonchev–Trinajstić information content (AvgIpc) is 2.49. The number of carbonyl (C=O) groups excluding carboxylic acids is 1. The summed E-state index contributed by atoms with van der Waals surface area (Å²) in [6.45, 7) is 6.75. The summed E-state index contributed by atoms with van der Waals surface area (Å²) in [5.41, 5.74) is 0. The van der Waals surface area contributed by atoms with Gasteiger partial charge in [0.05, 0.1) is 6.54 Å². The molecule has 114 valence electrons. The molecule has 5 nitrogen and oxygen atoms in total. The maximum absolute atomic E-state index is 12.1. The molecule has 0 aromatic carbocycles. The smallest absolute Gasteiger partial charge is 0.241 e. The first-order valence-corrected chi connectivity index (χ1v) is 7.49. The van der Waals surface area contributed by atoms with Crippen LogP contribution in [0.1, 0.15) is 32.1 Å². The second kappa shape index (κ2) is 9.39. The summed E-state index contributed by atoms with van der Waals surface area (Å²) in [7, 11) is 3.74. The van der Waals surface area contributed by atoms with E-state index in [1.807, 2.05) is 22.9 Å². The molecule has 1 fully saturated rings. The van der Waals surface area contributed by atoms with E-state index in [1.54, 1.807) is 7.05 Å². The summed E-state index contributed by atoms with van der Waals surface area (Å²) in [5.74, 6) is 0.949. The van der Waals surface area contributed by atoms with Crippen LogP contribution < -0.4 is 5.32 Å². The molecule has 1 rings (SSSR count). The number of aliphatic imine (C=N–C) groups is 1. The molecule has 0 aromatic heterocycles. The monoisotopic (exact) mass is 280 g/mol. The zero-order chi connectivity index (χ0) is 14.8. The molecule has 1 saturated heterocycles. The van der Waals surface area contributed by atoms with Crippen molar-refractivity contribution in [3.8, 4) is 0 Å². The second-order valence-corrected chi connectivity index (χ2v) is 5.19. The first-order chi connectivity index (χ1) is 9.69. The number of carbonyl (C=O) groups is 1. The van der Waals surface area contributed by atoms with Gasteiger partial charge in [0.25, 0.3) is 0 Å². The third kappa shape index (κ3) is 5.63. The Labute approximate surface area is 122 Å². The van der Waals surface area contributed by atoms with Crippen LogP contribution in [0.2, 0.25) is 0 Å². The van der Waals surface area contributed by atoms with Gasteiger partial charge in [-0.25, -0.2) is 0 Å². The van der Waals surface area contributed by atoms with Gasteiger partial charge in [0.15, 0.2) is 5.96 Å². The highest BCUT2D eigenvalue weighted by atomic mass is 16.2. The number of piperidine rings is 1. The van der Waals surface area contributed by atoms with Gasteiger partial charge in [0, 0.05) is 33.7 Å². The van der Waals surface area contributed by atoms with Gasteiger partial charge in [-0.15, -0.1) is 6.58 Å². The topological polar surface area (TPSA) is 47.9 Å². The molecular weight excluding hydrogens is 252 g/mol. The first-order valence-electron chi connectivity index (χ1n) is 7.49. The molecule has 0 radical (unpaired) electrons. The lowest BCUT2D eigenvalue weighted by Gasteiger charge is -2.28. The summed E-state index contributed by atoms with van der Waals surface area (Å²) >= 11 is 0. The van der Waals surface area contributed by atoms with Crippen molar-refractivity contribution in [1.29, 1.82) is 0 Å². The van der Waals surface area contributed by atoms with Crippen molar-refractivity contribution in [2.75, 3.05) is 40.3 Å². The number of hydrogen-bond donors (Lipinski definition) is 1. The van der Waals surface area contributed by atoms with E-state index in [-0.39, 0.29) is 5.91 Å². The summed E-state index contributed by atoms with van der Waals surface area (Å²) in [6.07, 6.45) is 7.45. The molecule has 0 aliphatic carbocycles. The fraction of sp³-hybridized carbons (Fsp3) is 0.733. The van der Waals surface area contributed by atoms with Crippen molar-refractivity contribution in [1.82, 2.24) is 15.1 Å². The van der Waals surface area contributed by atoms with Gasteiger partial charge in [-0.2, -0.15) is 0 Å². The Bertz CT molecular complexity index is 335. The molecule has 1 aliphatic rings. The number of nitrogens with zero attached hydrogens (tertiary/aromatic N) is 3. The summed E-state index contributed by atoms with van der Waals surface area (Å²) in [6, 6.07) is 0. The molecular formula is C15H28N4O. The predicted molar refractivity (Wildman–Crippen MR) is 83.9 cm³/mol. The van der Waals surface area contributed by atoms with Crippen molar-refractivity contribution < 1.29 is 4.79 Å². The van der Waals surface area contributed by atoms with Crippen molar-refractivity contribution in [3.63, 3.8) is 0 Å². The van der Waals surface area contributed by atoms with Gasteiger partial charge in [-0.1, -0.05) is 6.08 Å². The number of guanidine groups is 1. The minimum absolute atomic E-state index is 0.172. The van der Waals surface area contributed by atoms with Gasteiger partial charge in [-0.05, 0) is 32.1 Å². The van der Waals surface area contributed by atoms with Crippen LogP contribution in [0.15, 0.2) is 17.6 Å². The molecule has 0 unspecified atom stereocenters. The lowest BCUT2D eigenvalue weighted by molar-refractivity contribution is -0.130. The highest BCUT2D eigenvalue weighted by Crippen LogP contribution is 2.08. The van der Waals surface area contributed by atoms with Crippen LogP contribution >= 0.6 is 0 Å². The minimum Gasteiger partial charge on any atom is -0.347 e. The van der Waals surface area contributed by atoms with Crippen LogP contribution in [0.3, 0.4) is 0 Å². The van der Waals surface area contributed by atoms with E-state index < -0.39 is 0 Å². The van der Waals surface area contributed by atoms with Crippen molar-refractivity contribution in [2.45, 2.75) is 32.1 Å². The third-order valence-corrected chi connectivity index (χ3v) is 3.58. The standard InChI is InChI=1S/C15H28N4O/c1-4-5-7-10-18(3)15(16-2)17-13-14(20)19-11-8-6-9-12-19/h4H,1,5-13H2,2-3H3,(H,16,17). The lowest BCUT2D eigenvalue weighted by atomic mass is 10.1. The Morgan fingerprint density at radius 3 is 2.70 bits per heavy atom. The second-order valence-electron chi connectivity index (χ2n) is 5.19. The first kappa shape index (κ1) is 16.5. The molecule has 0 spiro atoms. The highest BCUT2D eigenvalue weighted by Gasteiger charge is 2.16. The minimum atomic E-state index is 0.172. The van der Waals surface area contributed by atoms with Crippen molar-refractivity contribution in [3.05, 3.63) is 12.7 Å². The Balaban J connectivity index is 2.32. The third-order valence-electron chi connectivity index (χ3n) is 3.58. The van der Waals surface area contributed by atoms with E-state index in [2.05, 4.69) is 16.9 Å². The number of hydrogen-bond acceptors (Lipinski definition) is 2. The van der Waals surface area contributed by atoms with Crippen LogP contribution in [0.5, 0.6) is 0 Å². The quantitative estimate of drug-likeness (QED) is 0.347. The maximum atomic E-state index is 12.1. The number of likely N-dealkylation sites (tertiary alicyclic amines) is 1. The van der Waals surface area contributed by atoms with Crippen molar-refractivity contribution in [2.24, 2.45) is 4.99 Å². The summed E-state index contributed by atoms with van der Waals surface area (Å²) < 4.78 is 0. The van der Waals surface area contributed by atoms with E-state index in [0.29, 0.717) is 6.54 Å². The van der Waals surface area contributed by atoms with E-state index in [4.69, 9.17) is 0 Å². The SMILES string of the molecule is C=CCCCN(C)C(=NC)NCC(=O)N1CCCCC1. The summed E-state index contributed by atoms with van der Waals surface area (Å²) in [4.78, 5) is 20.3. The molecule has 0 atom stereocenters. The van der Waals surface area contributed by atoms with Crippen LogP contribution in [-0.2, 0) is 4.79 Å². The number of nitrogens with one attached hydrogen (secondary N) is 1. The highest BCUT2D eigenvalue weighted by molar-refractivity contribution is 5.86. The number of unbranched alkanes of at least 4 members (excludes halogenated alkanes) is 1. The van der Waals surface area contributed by atoms with Crippen LogP contribution in [0.4, 0.5) is 0 Å². The van der Waals surface area contributed by atoms with Crippen molar-refractivity contribution >= 4 is 11.9 Å². The van der Waals surface area contributed by atoms with Crippen LogP contribution in [-0.4, -0.2) is 61.9 Å². The fourth-order valence-electron chi connectivity index (χ4n) is 2.37. The fourth-order valence-corrected chi connectivity index (χ4v) is 2.37. The van der Waals surface area contributed by atoms with Gasteiger partial charge in [0.1, 0.15) is 0 Å². The molecule has 20 heavy (non-hydrogen) atoms. The summed E-state index contributed by atoms with van der Waals surface area (Å²) in [5, 5.41) is 3.15. The lowest BCUT2D eigenvalue weighted by Crippen LogP contribution is -2.46. The predicted octanol–water partition coefficient (Wildman–Crippen LogP) is 1.47. The largest absolute Gasteiger partial charge is 0.347 e. The Morgan fingerprint density at radius 1 is 1.40 bits per heavy atom. The molecule has 0 bridgehead atoms. The zero-order valence-corrected chi connectivity index (χ0v) is 12.9. The van der Waals surface area contributed by atoms with Gasteiger partial charge >= 0.3 is 0 Å². The molecule has 5 heteroatoms.